The highest BCUT2D eigenvalue weighted by atomic mass is 35.5. The molecule has 0 saturated carbocycles. The van der Waals surface area contributed by atoms with Gasteiger partial charge in [0.25, 0.3) is 0 Å². The van der Waals surface area contributed by atoms with Crippen LogP contribution in [0, 0.1) is 6.92 Å². The van der Waals surface area contributed by atoms with Crippen molar-refractivity contribution in [2.45, 2.75) is 6.92 Å². The van der Waals surface area contributed by atoms with Crippen molar-refractivity contribution in [2.24, 2.45) is 0 Å². The molecule has 0 atom stereocenters. The van der Waals surface area contributed by atoms with E-state index in [9.17, 15) is 0 Å². The number of halogens is 2. The summed E-state index contributed by atoms with van der Waals surface area (Å²) in [6.07, 6.45) is 3.90. The minimum Gasteiger partial charge on any atom is -0.248 e. The summed E-state index contributed by atoms with van der Waals surface area (Å²) >= 11 is 12.0. The van der Waals surface area contributed by atoms with Crippen molar-refractivity contribution >= 4 is 46.3 Å². The van der Waals surface area contributed by atoms with Crippen LogP contribution >= 0.6 is 23.2 Å². The first-order valence-electron chi connectivity index (χ1n) is 6.62. The Morgan fingerprint density at radius 3 is 2.57 bits per heavy atom. The Hall–Kier alpha value is -1.83. The van der Waals surface area contributed by atoms with Crippen molar-refractivity contribution in [3.05, 3.63) is 75.4 Å². The summed E-state index contributed by atoms with van der Waals surface area (Å²) in [6.45, 7) is 2.08. The van der Waals surface area contributed by atoms with Crippen molar-refractivity contribution < 1.29 is 0 Å². The quantitative estimate of drug-likeness (QED) is 0.563. The Morgan fingerprint density at radius 1 is 0.905 bits per heavy atom. The van der Waals surface area contributed by atoms with Crippen LogP contribution in [0.2, 0.25) is 10.0 Å². The molecule has 0 saturated heterocycles. The molecule has 0 fully saturated rings. The highest BCUT2D eigenvalue weighted by molar-refractivity contribution is 6.35. The monoisotopic (exact) mass is 313 g/mol. The molecule has 2 aromatic carbocycles. The van der Waals surface area contributed by atoms with Gasteiger partial charge in [-0.2, -0.15) is 0 Å². The Bertz CT molecular complexity index is 838. The van der Waals surface area contributed by atoms with Crippen molar-refractivity contribution in [2.75, 3.05) is 0 Å². The molecule has 0 aliphatic carbocycles. The van der Waals surface area contributed by atoms with Gasteiger partial charge in [-0.05, 0) is 48.9 Å². The molecule has 3 heteroatoms. The summed E-state index contributed by atoms with van der Waals surface area (Å²) in [4.78, 5) is 4.62. The van der Waals surface area contributed by atoms with E-state index in [1.807, 2.05) is 36.4 Å². The van der Waals surface area contributed by atoms with Crippen LogP contribution in [0.5, 0.6) is 0 Å². The summed E-state index contributed by atoms with van der Waals surface area (Å²) < 4.78 is 0. The lowest BCUT2D eigenvalue weighted by atomic mass is 10.1. The molecule has 0 aliphatic heterocycles. The number of hydrogen-bond acceptors (Lipinski definition) is 1. The van der Waals surface area contributed by atoms with Gasteiger partial charge in [0.15, 0.2) is 0 Å². The minimum atomic E-state index is 0.634. The smallest absolute Gasteiger partial charge is 0.0709 e. The van der Waals surface area contributed by atoms with Crippen LogP contribution in [0.1, 0.15) is 16.8 Å². The molecule has 21 heavy (non-hydrogen) atoms. The molecular formula is C18H13Cl2N. The minimum absolute atomic E-state index is 0.634. The summed E-state index contributed by atoms with van der Waals surface area (Å²) in [5.74, 6) is 0. The third kappa shape index (κ3) is 3.26. The van der Waals surface area contributed by atoms with Gasteiger partial charge in [-0.25, -0.2) is 4.98 Å². The van der Waals surface area contributed by atoms with E-state index < -0.39 is 0 Å². The molecule has 3 rings (SSSR count). The first-order chi connectivity index (χ1) is 10.1. The van der Waals surface area contributed by atoms with E-state index in [0.717, 1.165) is 22.2 Å². The number of benzene rings is 2. The number of nitrogens with zero attached hydrogens (tertiary/aromatic N) is 1. The topological polar surface area (TPSA) is 12.9 Å². The number of aryl methyl sites for hydroxylation is 1. The van der Waals surface area contributed by atoms with Gasteiger partial charge < -0.3 is 0 Å². The molecule has 1 aromatic heterocycles. The standard InChI is InChI=1S/C18H13Cl2N/c1-12-2-9-18-14(10-12)5-8-16(21-18)7-4-13-3-6-15(19)11-17(13)20/h2-11H,1H3/b7-4+. The fraction of sp³-hybridized carbons (Fsp3) is 0.0556. The molecule has 0 unspecified atom stereocenters. The molecule has 1 nitrogen and oxygen atoms in total. The van der Waals surface area contributed by atoms with Gasteiger partial charge in [-0.15, -0.1) is 0 Å². The molecule has 0 bridgehead atoms. The lowest BCUT2D eigenvalue weighted by Gasteiger charge is -2.01. The third-order valence-corrected chi connectivity index (χ3v) is 3.82. The van der Waals surface area contributed by atoms with Crippen LogP contribution in [0.4, 0.5) is 0 Å². The van der Waals surface area contributed by atoms with Crippen LogP contribution in [0.25, 0.3) is 23.1 Å². The van der Waals surface area contributed by atoms with Gasteiger partial charge in [-0.3, -0.25) is 0 Å². The maximum Gasteiger partial charge on any atom is 0.0709 e. The Balaban J connectivity index is 1.93. The second-order valence-electron chi connectivity index (χ2n) is 4.93. The average molecular weight is 314 g/mol. The van der Waals surface area contributed by atoms with E-state index in [2.05, 4.69) is 30.1 Å². The summed E-state index contributed by atoms with van der Waals surface area (Å²) in [5.41, 5.74) is 4.05. The fourth-order valence-electron chi connectivity index (χ4n) is 2.17. The predicted octanol–water partition coefficient (Wildman–Crippen LogP) is 6.02. The van der Waals surface area contributed by atoms with Crippen molar-refractivity contribution in [3.8, 4) is 0 Å². The number of aromatic nitrogens is 1. The molecule has 0 amide bonds. The second-order valence-corrected chi connectivity index (χ2v) is 5.78. The number of hydrogen-bond donors (Lipinski definition) is 0. The van der Waals surface area contributed by atoms with Crippen LogP contribution in [-0.4, -0.2) is 4.98 Å². The Morgan fingerprint density at radius 2 is 1.76 bits per heavy atom. The molecule has 0 N–H and O–H groups in total. The SMILES string of the molecule is Cc1ccc2nc(/C=C/c3ccc(Cl)cc3Cl)ccc2c1. The molecule has 0 spiro atoms. The van der Waals surface area contributed by atoms with Crippen LogP contribution in [-0.2, 0) is 0 Å². The summed E-state index contributed by atoms with van der Waals surface area (Å²) in [5, 5.41) is 2.42. The second kappa shape index (κ2) is 5.88. The highest BCUT2D eigenvalue weighted by Gasteiger charge is 1.99. The van der Waals surface area contributed by atoms with E-state index in [-0.39, 0.29) is 0 Å². The van der Waals surface area contributed by atoms with E-state index >= 15 is 0 Å². The molecule has 3 aromatic rings. The lowest BCUT2D eigenvalue weighted by molar-refractivity contribution is 1.36. The zero-order chi connectivity index (χ0) is 14.8. The molecule has 0 aliphatic rings. The Labute approximate surface area is 133 Å². The van der Waals surface area contributed by atoms with E-state index in [4.69, 9.17) is 23.2 Å². The first kappa shape index (κ1) is 14.1. The zero-order valence-electron chi connectivity index (χ0n) is 11.5. The van der Waals surface area contributed by atoms with Crippen molar-refractivity contribution in [1.82, 2.24) is 4.98 Å². The number of pyridine rings is 1. The summed E-state index contributed by atoms with van der Waals surface area (Å²) in [7, 11) is 0. The average Bonchev–Trinajstić information content (AvgIpc) is 2.46. The maximum absolute atomic E-state index is 6.15. The predicted molar refractivity (Wildman–Crippen MR) is 91.9 cm³/mol. The van der Waals surface area contributed by atoms with Gasteiger partial charge in [0.05, 0.1) is 11.2 Å². The van der Waals surface area contributed by atoms with Crippen LogP contribution in [0.15, 0.2) is 48.5 Å². The van der Waals surface area contributed by atoms with E-state index in [1.54, 1.807) is 6.07 Å². The van der Waals surface area contributed by atoms with Gasteiger partial charge >= 0.3 is 0 Å². The molecule has 1 heterocycles. The normalized spacial score (nSPS) is 11.4. The van der Waals surface area contributed by atoms with Gasteiger partial charge in [0.1, 0.15) is 0 Å². The number of rotatable bonds is 2. The van der Waals surface area contributed by atoms with Gasteiger partial charge in [0, 0.05) is 15.4 Å². The fourth-order valence-corrected chi connectivity index (χ4v) is 2.64. The Kier molecular flexibility index (Phi) is 3.96. The number of fused-ring (bicyclic) bond motifs is 1. The summed E-state index contributed by atoms with van der Waals surface area (Å²) in [6, 6.07) is 15.8. The zero-order valence-corrected chi connectivity index (χ0v) is 13.0. The molecular weight excluding hydrogens is 301 g/mol. The first-order valence-corrected chi connectivity index (χ1v) is 7.38. The van der Waals surface area contributed by atoms with E-state index in [1.165, 1.54) is 5.56 Å². The largest absolute Gasteiger partial charge is 0.248 e. The van der Waals surface area contributed by atoms with Gasteiger partial charge in [0.2, 0.25) is 0 Å². The lowest BCUT2D eigenvalue weighted by Crippen LogP contribution is -1.84. The van der Waals surface area contributed by atoms with Crippen molar-refractivity contribution in [1.29, 1.82) is 0 Å². The van der Waals surface area contributed by atoms with Crippen LogP contribution < -0.4 is 0 Å². The van der Waals surface area contributed by atoms with Crippen LogP contribution in [0.3, 0.4) is 0 Å². The third-order valence-electron chi connectivity index (χ3n) is 3.26. The van der Waals surface area contributed by atoms with Crippen molar-refractivity contribution in [3.63, 3.8) is 0 Å². The molecule has 0 radical (unpaired) electrons. The highest BCUT2D eigenvalue weighted by Crippen LogP contribution is 2.23. The maximum atomic E-state index is 6.15. The van der Waals surface area contributed by atoms with Gasteiger partial charge in [-0.1, -0.05) is 53.0 Å². The molecule has 104 valence electrons. The van der Waals surface area contributed by atoms with E-state index in [0.29, 0.717) is 10.0 Å².